The van der Waals surface area contributed by atoms with Gasteiger partial charge in [-0.1, -0.05) is 0 Å². The maximum atomic E-state index is 10.8. The maximum absolute atomic E-state index is 10.8. The SMILES string of the molecule is COc1cc(OC)c(CNc2ccc([N+](=O)[O-])cc2Br)c(OC)c1. The summed E-state index contributed by atoms with van der Waals surface area (Å²) in [6, 6.07) is 8.07. The van der Waals surface area contributed by atoms with Crippen molar-refractivity contribution >= 4 is 27.3 Å². The molecule has 0 unspecified atom stereocenters. The topological polar surface area (TPSA) is 82.9 Å². The van der Waals surface area contributed by atoms with E-state index in [0.29, 0.717) is 28.3 Å². The van der Waals surface area contributed by atoms with E-state index in [0.717, 1.165) is 11.3 Å². The largest absolute Gasteiger partial charge is 0.496 e. The summed E-state index contributed by atoms with van der Waals surface area (Å²) in [4.78, 5) is 10.4. The maximum Gasteiger partial charge on any atom is 0.270 e. The van der Waals surface area contributed by atoms with Gasteiger partial charge in [-0.15, -0.1) is 0 Å². The van der Waals surface area contributed by atoms with Gasteiger partial charge in [-0.05, 0) is 22.0 Å². The summed E-state index contributed by atoms with van der Waals surface area (Å²) in [6.45, 7) is 0.409. The van der Waals surface area contributed by atoms with Gasteiger partial charge in [-0.25, -0.2) is 0 Å². The molecule has 0 saturated carbocycles. The minimum Gasteiger partial charge on any atom is -0.496 e. The molecule has 0 atom stereocenters. The number of nitrogens with zero attached hydrogens (tertiary/aromatic N) is 1. The van der Waals surface area contributed by atoms with Gasteiger partial charge in [-0.2, -0.15) is 0 Å². The van der Waals surface area contributed by atoms with Crippen LogP contribution in [0.2, 0.25) is 0 Å². The number of nitrogens with one attached hydrogen (secondary N) is 1. The van der Waals surface area contributed by atoms with Crippen LogP contribution in [-0.4, -0.2) is 26.3 Å². The first-order valence-electron chi connectivity index (χ1n) is 6.96. The van der Waals surface area contributed by atoms with E-state index in [1.807, 2.05) is 0 Å². The first kappa shape index (κ1) is 17.9. The van der Waals surface area contributed by atoms with Crippen LogP contribution in [0.1, 0.15) is 5.56 Å². The summed E-state index contributed by atoms with van der Waals surface area (Å²) in [5, 5.41) is 14.0. The molecule has 24 heavy (non-hydrogen) atoms. The third kappa shape index (κ3) is 3.88. The summed E-state index contributed by atoms with van der Waals surface area (Å²) in [7, 11) is 4.71. The Balaban J connectivity index is 2.27. The zero-order valence-electron chi connectivity index (χ0n) is 13.5. The first-order chi connectivity index (χ1) is 11.5. The van der Waals surface area contributed by atoms with Gasteiger partial charge >= 0.3 is 0 Å². The molecule has 0 bridgehead atoms. The van der Waals surface area contributed by atoms with E-state index in [1.54, 1.807) is 39.5 Å². The van der Waals surface area contributed by atoms with Crippen LogP contribution < -0.4 is 19.5 Å². The number of nitro groups is 1. The molecule has 1 N–H and O–H groups in total. The minimum atomic E-state index is -0.440. The summed E-state index contributed by atoms with van der Waals surface area (Å²) in [5.74, 6) is 1.87. The second-order valence-electron chi connectivity index (χ2n) is 4.79. The number of anilines is 1. The molecular formula is C16H17BrN2O5. The van der Waals surface area contributed by atoms with Gasteiger partial charge in [0.25, 0.3) is 5.69 Å². The Morgan fingerprint density at radius 1 is 1.08 bits per heavy atom. The second kappa shape index (κ2) is 7.87. The smallest absolute Gasteiger partial charge is 0.270 e. The number of hydrogen-bond acceptors (Lipinski definition) is 6. The van der Waals surface area contributed by atoms with Gasteiger partial charge in [0.05, 0.1) is 31.8 Å². The van der Waals surface area contributed by atoms with Crippen molar-refractivity contribution in [3.8, 4) is 17.2 Å². The Kier molecular flexibility index (Phi) is 5.86. The van der Waals surface area contributed by atoms with Crippen LogP contribution in [0.15, 0.2) is 34.8 Å². The van der Waals surface area contributed by atoms with Crippen molar-refractivity contribution in [2.45, 2.75) is 6.54 Å². The van der Waals surface area contributed by atoms with Crippen LogP contribution in [0.5, 0.6) is 17.2 Å². The molecule has 8 heteroatoms. The highest BCUT2D eigenvalue weighted by Gasteiger charge is 2.14. The van der Waals surface area contributed by atoms with Crippen molar-refractivity contribution < 1.29 is 19.1 Å². The number of non-ortho nitro benzene ring substituents is 1. The van der Waals surface area contributed by atoms with Gasteiger partial charge in [-0.3, -0.25) is 10.1 Å². The van der Waals surface area contributed by atoms with E-state index < -0.39 is 4.92 Å². The Hall–Kier alpha value is -2.48. The zero-order valence-corrected chi connectivity index (χ0v) is 15.0. The van der Waals surface area contributed by atoms with Crippen LogP contribution in [0.25, 0.3) is 0 Å². The van der Waals surface area contributed by atoms with Crippen molar-refractivity contribution in [2.24, 2.45) is 0 Å². The third-order valence-electron chi connectivity index (χ3n) is 3.44. The molecule has 2 aromatic carbocycles. The van der Waals surface area contributed by atoms with Gasteiger partial charge in [0.2, 0.25) is 0 Å². The number of halogens is 1. The number of benzene rings is 2. The quantitative estimate of drug-likeness (QED) is 0.562. The fraction of sp³-hybridized carbons (Fsp3) is 0.250. The van der Waals surface area contributed by atoms with E-state index in [2.05, 4.69) is 21.2 Å². The lowest BCUT2D eigenvalue weighted by atomic mass is 10.1. The van der Waals surface area contributed by atoms with Crippen LogP contribution in [-0.2, 0) is 6.54 Å². The molecule has 0 radical (unpaired) electrons. The van der Waals surface area contributed by atoms with Crippen LogP contribution in [0.4, 0.5) is 11.4 Å². The van der Waals surface area contributed by atoms with Gasteiger partial charge in [0.15, 0.2) is 0 Å². The zero-order chi connectivity index (χ0) is 17.7. The van der Waals surface area contributed by atoms with Gasteiger partial charge < -0.3 is 19.5 Å². The predicted octanol–water partition coefficient (Wildman–Crippen LogP) is 4.00. The predicted molar refractivity (Wildman–Crippen MR) is 94.2 cm³/mol. The molecule has 0 spiro atoms. The Bertz CT molecular complexity index is 726. The summed E-state index contributed by atoms with van der Waals surface area (Å²) < 4.78 is 16.6. The van der Waals surface area contributed by atoms with Crippen molar-refractivity contribution in [1.82, 2.24) is 0 Å². The highest BCUT2D eigenvalue weighted by Crippen LogP contribution is 2.35. The Morgan fingerprint density at radius 3 is 2.17 bits per heavy atom. The molecule has 2 rings (SSSR count). The molecule has 0 fully saturated rings. The van der Waals surface area contributed by atoms with E-state index >= 15 is 0 Å². The standard InChI is InChI=1S/C16H17BrN2O5/c1-22-11-7-15(23-2)12(16(8-11)24-3)9-18-14-5-4-10(19(20)21)6-13(14)17/h4-8,18H,9H2,1-3H3. The molecule has 128 valence electrons. The molecule has 7 nitrogen and oxygen atoms in total. The fourth-order valence-electron chi connectivity index (χ4n) is 2.20. The minimum absolute atomic E-state index is 0.0204. The van der Waals surface area contributed by atoms with Crippen LogP contribution in [0.3, 0.4) is 0 Å². The average Bonchev–Trinajstić information content (AvgIpc) is 2.59. The lowest BCUT2D eigenvalue weighted by Crippen LogP contribution is -2.05. The molecule has 0 aromatic heterocycles. The molecular weight excluding hydrogens is 380 g/mol. The highest BCUT2D eigenvalue weighted by molar-refractivity contribution is 9.10. The average molecular weight is 397 g/mol. The molecule has 0 aliphatic carbocycles. The molecule has 2 aromatic rings. The normalized spacial score (nSPS) is 10.2. The van der Waals surface area contributed by atoms with E-state index in [4.69, 9.17) is 14.2 Å². The van der Waals surface area contributed by atoms with Gasteiger partial charge in [0.1, 0.15) is 17.2 Å². The highest BCUT2D eigenvalue weighted by atomic mass is 79.9. The molecule has 0 heterocycles. The molecule has 0 saturated heterocycles. The summed E-state index contributed by atoms with van der Waals surface area (Å²) >= 11 is 3.33. The fourth-order valence-corrected chi connectivity index (χ4v) is 2.70. The molecule has 0 aliphatic rings. The van der Waals surface area contributed by atoms with E-state index in [-0.39, 0.29) is 5.69 Å². The number of methoxy groups -OCH3 is 3. The molecule has 0 amide bonds. The third-order valence-corrected chi connectivity index (χ3v) is 4.09. The number of rotatable bonds is 7. The van der Waals surface area contributed by atoms with Crippen molar-refractivity contribution in [3.05, 3.63) is 50.5 Å². The summed E-state index contributed by atoms with van der Waals surface area (Å²) in [5.41, 5.74) is 1.55. The van der Waals surface area contributed by atoms with Crippen molar-refractivity contribution in [3.63, 3.8) is 0 Å². The van der Waals surface area contributed by atoms with Crippen LogP contribution >= 0.6 is 15.9 Å². The summed E-state index contributed by atoms with van der Waals surface area (Å²) in [6.07, 6.45) is 0. The lowest BCUT2D eigenvalue weighted by molar-refractivity contribution is -0.384. The number of ether oxygens (including phenoxy) is 3. The van der Waals surface area contributed by atoms with E-state index in [9.17, 15) is 10.1 Å². The second-order valence-corrected chi connectivity index (χ2v) is 5.64. The number of hydrogen-bond donors (Lipinski definition) is 1. The Morgan fingerprint density at radius 2 is 1.71 bits per heavy atom. The van der Waals surface area contributed by atoms with Crippen LogP contribution in [0, 0.1) is 10.1 Å². The van der Waals surface area contributed by atoms with E-state index in [1.165, 1.54) is 12.1 Å². The first-order valence-corrected chi connectivity index (χ1v) is 7.76. The van der Waals surface area contributed by atoms with Crippen molar-refractivity contribution in [1.29, 1.82) is 0 Å². The monoisotopic (exact) mass is 396 g/mol. The Labute approximate surface area is 147 Å². The molecule has 0 aliphatic heterocycles. The van der Waals surface area contributed by atoms with Gasteiger partial charge in [0, 0.05) is 41.0 Å². The lowest BCUT2D eigenvalue weighted by Gasteiger charge is -2.16. The number of nitro benzene ring substituents is 1. The van der Waals surface area contributed by atoms with Crippen molar-refractivity contribution in [2.75, 3.05) is 26.6 Å².